The molecular weight excluding hydrogens is 302 g/mol. The highest BCUT2D eigenvalue weighted by Crippen LogP contribution is 2.35. The van der Waals surface area contributed by atoms with Gasteiger partial charge in [-0.2, -0.15) is 0 Å². The van der Waals surface area contributed by atoms with Gasteiger partial charge in [-0.1, -0.05) is 22.0 Å². The second-order valence-electron chi connectivity index (χ2n) is 5.08. The molecule has 2 aromatic rings. The van der Waals surface area contributed by atoms with Crippen LogP contribution in [0.4, 0.5) is 5.69 Å². The Labute approximate surface area is 121 Å². The average molecular weight is 318 g/mol. The maximum atomic E-state index is 9.56. The van der Waals surface area contributed by atoms with Crippen LogP contribution in [-0.4, -0.2) is 5.11 Å². The number of nitrogens with one attached hydrogen (secondary N) is 1. The molecule has 0 radical (unpaired) electrons. The first kappa shape index (κ1) is 12.5. The molecule has 1 aliphatic rings. The van der Waals surface area contributed by atoms with Crippen LogP contribution in [-0.2, 0) is 6.42 Å². The Morgan fingerprint density at radius 1 is 1.21 bits per heavy atom. The van der Waals surface area contributed by atoms with Gasteiger partial charge in [0.15, 0.2) is 0 Å². The van der Waals surface area contributed by atoms with Crippen LogP contribution >= 0.6 is 15.9 Å². The molecule has 3 rings (SSSR count). The molecule has 0 amide bonds. The van der Waals surface area contributed by atoms with E-state index in [-0.39, 0.29) is 0 Å². The molecular formula is C16H16BrNO. The van der Waals surface area contributed by atoms with Gasteiger partial charge in [0, 0.05) is 10.2 Å². The van der Waals surface area contributed by atoms with E-state index in [0.29, 0.717) is 11.8 Å². The summed E-state index contributed by atoms with van der Waals surface area (Å²) < 4.78 is 1.15. The van der Waals surface area contributed by atoms with Gasteiger partial charge >= 0.3 is 0 Å². The predicted molar refractivity (Wildman–Crippen MR) is 81.7 cm³/mol. The topological polar surface area (TPSA) is 32.3 Å². The number of rotatable bonds is 2. The van der Waals surface area contributed by atoms with Gasteiger partial charge in [-0.05, 0) is 66.8 Å². The van der Waals surface area contributed by atoms with Crippen LogP contribution in [0.1, 0.15) is 29.2 Å². The summed E-state index contributed by atoms with van der Waals surface area (Å²) >= 11 is 3.52. The molecule has 0 spiro atoms. The molecule has 2 N–H and O–H groups in total. The Morgan fingerprint density at radius 3 is 2.84 bits per heavy atom. The van der Waals surface area contributed by atoms with E-state index in [9.17, 15) is 5.11 Å². The van der Waals surface area contributed by atoms with Gasteiger partial charge in [0.2, 0.25) is 0 Å². The molecule has 0 bridgehead atoms. The maximum absolute atomic E-state index is 9.56. The van der Waals surface area contributed by atoms with Crippen molar-refractivity contribution < 1.29 is 5.11 Å². The minimum Gasteiger partial charge on any atom is -0.508 e. The van der Waals surface area contributed by atoms with Crippen molar-refractivity contribution in [1.82, 2.24) is 0 Å². The molecule has 2 aromatic carbocycles. The van der Waals surface area contributed by atoms with Crippen molar-refractivity contribution in [2.75, 3.05) is 5.32 Å². The van der Waals surface area contributed by atoms with E-state index in [1.807, 2.05) is 19.1 Å². The monoisotopic (exact) mass is 317 g/mol. The number of hydrogen-bond acceptors (Lipinski definition) is 2. The largest absolute Gasteiger partial charge is 0.508 e. The van der Waals surface area contributed by atoms with E-state index in [4.69, 9.17) is 0 Å². The van der Waals surface area contributed by atoms with Crippen molar-refractivity contribution in [3.8, 4) is 5.75 Å². The second kappa shape index (κ2) is 4.89. The van der Waals surface area contributed by atoms with E-state index < -0.39 is 0 Å². The first-order valence-corrected chi connectivity index (χ1v) is 7.27. The van der Waals surface area contributed by atoms with Crippen molar-refractivity contribution >= 4 is 21.6 Å². The molecule has 0 saturated carbocycles. The summed E-state index contributed by atoms with van der Waals surface area (Å²) in [4.78, 5) is 0. The predicted octanol–water partition coefficient (Wildman–Crippen LogP) is 4.56. The fourth-order valence-corrected chi connectivity index (χ4v) is 3.09. The zero-order valence-corrected chi connectivity index (χ0v) is 12.4. The number of aromatic hydroxyl groups is 1. The summed E-state index contributed by atoms with van der Waals surface area (Å²) in [7, 11) is 0. The van der Waals surface area contributed by atoms with Crippen LogP contribution in [0.15, 0.2) is 40.9 Å². The van der Waals surface area contributed by atoms with Gasteiger partial charge in [0.1, 0.15) is 5.75 Å². The van der Waals surface area contributed by atoms with Gasteiger partial charge in [-0.3, -0.25) is 0 Å². The van der Waals surface area contributed by atoms with Crippen LogP contribution < -0.4 is 5.32 Å². The van der Waals surface area contributed by atoms with E-state index in [1.54, 1.807) is 6.07 Å². The number of fused-ring (bicyclic) bond motifs is 1. The standard InChI is InChI=1S/C16H16BrNO/c1-10-8-13(4-7-16(10)19)18-15-6-2-11-9-12(17)3-5-14(11)15/h3-5,7-9,15,18-19H,2,6H2,1H3. The second-order valence-corrected chi connectivity index (χ2v) is 6.00. The molecule has 0 fully saturated rings. The maximum Gasteiger partial charge on any atom is 0.118 e. The lowest BCUT2D eigenvalue weighted by molar-refractivity contribution is 0.471. The summed E-state index contributed by atoms with van der Waals surface area (Å²) in [5, 5.41) is 13.1. The Hall–Kier alpha value is -1.48. The number of phenolic OH excluding ortho intramolecular Hbond substituents is 1. The Bertz CT molecular complexity index is 624. The average Bonchev–Trinajstić information content (AvgIpc) is 2.76. The highest BCUT2D eigenvalue weighted by Gasteiger charge is 2.22. The number of phenols is 1. The van der Waals surface area contributed by atoms with E-state index in [2.05, 4.69) is 39.4 Å². The molecule has 1 unspecified atom stereocenters. The Kier molecular flexibility index (Phi) is 3.23. The third-order valence-corrected chi connectivity index (χ3v) is 4.21. The number of anilines is 1. The van der Waals surface area contributed by atoms with Crippen LogP contribution in [0.25, 0.3) is 0 Å². The number of halogens is 1. The zero-order chi connectivity index (χ0) is 13.4. The molecule has 19 heavy (non-hydrogen) atoms. The molecule has 0 heterocycles. The Morgan fingerprint density at radius 2 is 2.05 bits per heavy atom. The van der Waals surface area contributed by atoms with Gasteiger partial charge in [-0.25, -0.2) is 0 Å². The summed E-state index contributed by atoms with van der Waals surface area (Å²) in [5.74, 6) is 0.348. The molecule has 3 heteroatoms. The van der Waals surface area contributed by atoms with Crippen molar-refractivity contribution in [3.05, 3.63) is 57.6 Å². The van der Waals surface area contributed by atoms with Crippen LogP contribution in [0, 0.1) is 6.92 Å². The lowest BCUT2D eigenvalue weighted by Crippen LogP contribution is -2.07. The molecule has 0 saturated heterocycles. The van der Waals surface area contributed by atoms with Crippen LogP contribution in [0.5, 0.6) is 5.75 Å². The molecule has 2 nitrogen and oxygen atoms in total. The molecule has 1 aliphatic carbocycles. The van der Waals surface area contributed by atoms with E-state index in [1.165, 1.54) is 11.1 Å². The van der Waals surface area contributed by atoms with Crippen molar-refractivity contribution in [3.63, 3.8) is 0 Å². The van der Waals surface area contributed by atoms with Gasteiger partial charge < -0.3 is 10.4 Å². The molecule has 0 aromatic heterocycles. The third-order valence-electron chi connectivity index (χ3n) is 3.72. The molecule has 0 aliphatic heterocycles. The highest BCUT2D eigenvalue weighted by molar-refractivity contribution is 9.10. The van der Waals surface area contributed by atoms with Gasteiger partial charge in [0.05, 0.1) is 6.04 Å². The van der Waals surface area contributed by atoms with Crippen LogP contribution in [0.2, 0.25) is 0 Å². The van der Waals surface area contributed by atoms with Crippen molar-refractivity contribution in [2.45, 2.75) is 25.8 Å². The number of hydrogen-bond donors (Lipinski definition) is 2. The highest BCUT2D eigenvalue weighted by atomic mass is 79.9. The summed E-state index contributed by atoms with van der Waals surface area (Å²) in [6, 6.07) is 12.5. The summed E-state index contributed by atoms with van der Waals surface area (Å²) in [6.45, 7) is 1.92. The van der Waals surface area contributed by atoms with Gasteiger partial charge in [0.25, 0.3) is 0 Å². The summed E-state index contributed by atoms with van der Waals surface area (Å²) in [6.07, 6.45) is 2.23. The fourth-order valence-electron chi connectivity index (χ4n) is 2.68. The van der Waals surface area contributed by atoms with Crippen LogP contribution in [0.3, 0.4) is 0 Å². The van der Waals surface area contributed by atoms with Gasteiger partial charge in [-0.15, -0.1) is 0 Å². The lowest BCUT2D eigenvalue weighted by Gasteiger charge is -2.16. The number of aryl methyl sites for hydroxylation is 2. The van der Waals surface area contributed by atoms with Crippen molar-refractivity contribution in [2.24, 2.45) is 0 Å². The minimum atomic E-state index is 0.348. The lowest BCUT2D eigenvalue weighted by atomic mass is 10.1. The molecule has 1 atom stereocenters. The van der Waals surface area contributed by atoms with E-state index in [0.717, 1.165) is 28.6 Å². The smallest absolute Gasteiger partial charge is 0.118 e. The normalized spacial score (nSPS) is 17.3. The first-order chi connectivity index (χ1) is 9.13. The molecule has 98 valence electrons. The quantitative estimate of drug-likeness (QED) is 0.796. The van der Waals surface area contributed by atoms with Crippen molar-refractivity contribution in [1.29, 1.82) is 0 Å². The SMILES string of the molecule is Cc1cc(NC2CCc3cc(Br)ccc32)ccc1O. The van der Waals surface area contributed by atoms with E-state index >= 15 is 0 Å². The first-order valence-electron chi connectivity index (χ1n) is 6.48. The zero-order valence-electron chi connectivity index (χ0n) is 10.8. The fraction of sp³-hybridized carbons (Fsp3) is 0.250. The summed E-state index contributed by atoms with van der Waals surface area (Å²) in [5.41, 5.74) is 4.77. The Balaban J connectivity index is 1.84. The minimum absolute atomic E-state index is 0.348. The number of benzene rings is 2. The third kappa shape index (κ3) is 2.47.